The van der Waals surface area contributed by atoms with E-state index in [4.69, 9.17) is 4.52 Å². The Bertz CT molecular complexity index is 1120. The van der Waals surface area contributed by atoms with Gasteiger partial charge in [0.25, 0.3) is 5.89 Å². The first-order valence-corrected chi connectivity index (χ1v) is 11.4. The minimum Gasteiger partial charge on any atom is -0.334 e. The minimum atomic E-state index is -3.64. The molecule has 30 heavy (non-hydrogen) atoms. The number of halogens is 1. The highest BCUT2D eigenvalue weighted by atomic mass is 32.2. The van der Waals surface area contributed by atoms with Crippen LogP contribution in [0.25, 0.3) is 11.5 Å². The molecule has 1 fully saturated rings. The molecule has 0 radical (unpaired) electrons. The lowest BCUT2D eigenvalue weighted by Crippen LogP contribution is -2.40. The molecule has 7 nitrogen and oxygen atoms in total. The lowest BCUT2D eigenvalue weighted by Gasteiger charge is -2.31. The average Bonchev–Trinajstić information content (AvgIpc) is 3.24. The van der Waals surface area contributed by atoms with E-state index in [0.29, 0.717) is 36.8 Å². The molecule has 1 aliphatic rings. The topological polar surface area (TPSA) is 89.2 Å². The Balaban J connectivity index is 1.39. The molecule has 1 saturated heterocycles. The van der Waals surface area contributed by atoms with E-state index in [1.54, 1.807) is 31.5 Å². The highest BCUT2D eigenvalue weighted by Crippen LogP contribution is 2.27. The van der Waals surface area contributed by atoms with Crippen LogP contribution in [0.2, 0.25) is 0 Å². The molecule has 1 unspecified atom stereocenters. The van der Waals surface area contributed by atoms with Gasteiger partial charge in [-0.25, -0.2) is 12.8 Å². The van der Waals surface area contributed by atoms with Crippen molar-refractivity contribution in [3.8, 4) is 11.5 Å². The van der Waals surface area contributed by atoms with Gasteiger partial charge in [0.05, 0.1) is 4.90 Å². The SMILES string of the molecule is Cc1cc(S(=O)(=O)N2CCCC(CCc3noc(-c4ccncc4)n3)C2)ccc1F. The van der Waals surface area contributed by atoms with Crippen molar-refractivity contribution in [1.82, 2.24) is 19.4 Å². The maximum atomic E-state index is 13.5. The smallest absolute Gasteiger partial charge is 0.258 e. The van der Waals surface area contributed by atoms with Crippen LogP contribution in [-0.4, -0.2) is 40.9 Å². The summed E-state index contributed by atoms with van der Waals surface area (Å²) < 4.78 is 46.3. The summed E-state index contributed by atoms with van der Waals surface area (Å²) >= 11 is 0. The Morgan fingerprint density at radius 1 is 1.23 bits per heavy atom. The van der Waals surface area contributed by atoms with Crippen molar-refractivity contribution in [2.24, 2.45) is 5.92 Å². The van der Waals surface area contributed by atoms with E-state index in [2.05, 4.69) is 15.1 Å². The van der Waals surface area contributed by atoms with Gasteiger partial charge in [0, 0.05) is 37.5 Å². The predicted octanol–water partition coefficient (Wildman–Crippen LogP) is 3.61. The molecule has 0 aliphatic carbocycles. The fourth-order valence-corrected chi connectivity index (χ4v) is 5.35. The van der Waals surface area contributed by atoms with Crippen molar-refractivity contribution in [3.05, 3.63) is 59.9 Å². The molecule has 1 aromatic carbocycles. The second kappa shape index (κ2) is 8.61. The van der Waals surface area contributed by atoms with E-state index >= 15 is 0 Å². The summed E-state index contributed by atoms with van der Waals surface area (Å²) in [6.45, 7) is 2.48. The molecule has 158 valence electrons. The standard InChI is InChI=1S/C21H23FN4O3S/c1-15-13-18(5-6-19(15)22)30(27,28)26-12-2-3-16(14-26)4-7-20-24-21(29-25-20)17-8-10-23-11-9-17/h5-6,8-11,13,16H,2-4,7,12,14H2,1H3. The zero-order valence-corrected chi connectivity index (χ0v) is 17.5. The number of aromatic nitrogens is 3. The monoisotopic (exact) mass is 430 g/mol. The molecular formula is C21H23FN4O3S. The quantitative estimate of drug-likeness (QED) is 0.594. The largest absolute Gasteiger partial charge is 0.334 e. The number of aryl methyl sites for hydroxylation is 2. The van der Waals surface area contributed by atoms with Crippen LogP contribution in [0.5, 0.6) is 0 Å². The van der Waals surface area contributed by atoms with Gasteiger partial charge in [0.2, 0.25) is 10.0 Å². The van der Waals surface area contributed by atoms with Crippen LogP contribution in [0.4, 0.5) is 4.39 Å². The van der Waals surface area contributed by atoms with E-state index < -0.39 is 15.8 Å². The van der Waals surface area contributed by atoms with Crippen molar-refractivity contribution in [2.45, 2.75) is 37.5 Å². The van der Waals surface area contributed by atoms with Gasteiger partial charge < -0.3 is 4.52 Å². The van der Waals surface area contributed by atoms with Crippen molar-refractivity contribution in [1.29, 1.82) is 0 Å². The van der Waals surface area contributed by atoms with Gasteiger partial charge in [-0.15, -0.1) is 0 Å². The van der Waals surface area contributed by atoms with Crippen molar-refractivity contribution in [2.75, 3.05) is 13.1 Å². The third kappa shape index (κ3) is 4.41. The molecule has 0 N–H and O–H groups in total. The molecule has 4 rings (SSSR count). The molecule has 1 atom stereocenters. The number of hydrogen-bond donors (Lipinski definition) is 0. The van der Waals surface area contributed by atoms with Crippen LogP contribution in [0.15, 0.2) is 52.1 Å². The van der Waals surface area contributed by atoms with Crippen LogP contribution in [0, 0.1) is 18.7 Å². The fraction of sp³-hybridized carbons (Fsp3) is 0.381. The van der Waals surface area contributed by atoms with E-state index in [-0.39, 0.29) is 10.8 Å². The highest BCUT2D eigenvalue weighted by molar-refractivity contribution is 7.89. The van der Waals surface area contributed by atoms with Crippen molar-refractivity contribution < 1.29 is 17.3 Å². The molecular weight excluding hydrogens is 407 g/mol. The Labute approximate surface area is 175 Å². The molecule has 0 saturated carbocycles. The van der Waals surface area contributed by atoms with Gasteiger partial charge in [-0.3, -0.25) is 4.98 Å². The molecule has 3 heterocycles. The number of benzene rings is 1. The van der Waals surface area contributed by atoms with Gasteiger partial charge in [-0.2, -0.15) is 9.29 Å². The lowest BCUT2D eigenvalue weighted by molar-refractivity contribution is 0.254. The molecule has 3 aromatic rings. The number of pyridine rings is 1. The second-order valence-corrected chi connectivity index (χ2v) is 9.51. The van der Waals surface area contributed by atoms with Gasteiger partial charge in [-0.05, 0) is 68.0 Å². The van der Waals surface area contributed by atoms with E-state index in [9.17, 15) is 12.8 Å². The maximum absolute atomic E-state index is 13.5. The van der Waals surface area contributed by atoms with E-state index in [1.165, 1.54) is 22.5 Å². The van der Waals surface area contributed by atoms with Crippen LogP contribution in [0.1, 0.15) is 30.7 Å². The summed E-state index contributed by atoms with van der Waals surface area (Å²) in [5.74, 6) is 0.859. The van der Waals surface area contributed by atoms with Crippen molar-refractivity contribution >= 4 is 10.0 Å². The summed E-state index contributed by atoms with van der Waals surface area (Å²) in [6, 6.07) is 7.55. The van der Waals surface area contributed by atoms with Crippen molar-refractivity contribution in [3.63, 3.8) is 0 Å². The number of sulfonamides is 1. The normalized spacial score (nSPS) is 17.9. The summed E-state index contributed by atoms with van der Waals surface area (Å²) in [6.07, 6.45) is 6.45. The Morgan fingerprint density at radius 3 is 2.80 bits per heavy atom. The Kier molecular flexibility index (Phi) is 5.92. The summed E-state index contributed by atoms with van der Waals surface area (Å²) in [7, 11) is -3.64. The first-order valence-electron chi connectivity index (χ1n) is 9.93. The maximum Gasteiger partial charge on any atom is 0.258 e. The Hall–Kier alpha value is -2.65. The highest BCUT2D eigenvalue weighted by Gasteiger charge is 2.30. The van der Waals surface area contributed by atoms with Gasteiger partial charge >= 0.3 is 0 Å². The van der Waals surface area contributed by atoms with E-state index in [0.717, 1.165) is 24.8 Å². The van der Waals surface area contributed by atoms with Crippen LogP contribution in [0.3, 0.4) is 0 Å². The van der Waals surface area contributed by atoms with Gasteiger partial charge in [-0.1, -0.05) is 5.16 Å². The second-order valence-electron chi connectivity index (χ2n) is 7.57. The third-order valence-corrected chi connectivity index (χ3v) is 7.28. The molecule has 0 amide bonds. The number of piperidine rings is 1. The van der Waals surface area contributed by atoms with Crippen LogP contribution >= 0.6 is 0 Å². The Morgan fingerprint density at radius 2 is 2.03 bits per heavy atom. The third-order valence-electron chi connectivity index (χ3n) is 5.42. The zero-order valence-electron chi connectivity index (χ0n) is 16.7. The summed E-state index contributed by atoms with van der Waals surface area (Å²) in [5, 5.41) is 4.04. The van der Waals surface area contributed by atoms with Crippen LogP contribution < -0.4 is 0 Å². The summed E-state index contributed by atoms with van der Waals surface area (Å²) in [5.41, 5.74) is 1.14. The molecule has 1 aliphatic heterocycles. The lowest BCUT2D eigenvalue weighted by atomic mass is 9.94. The molecule has 2 aromatic heterocycles. The fourth-order valence-electron chi connectivity index (χ4n) is 3.71. The van der Waals surface area contributed by atoms with Crippen LogP contribution in [-0.2, 0) is 16.4 Å². The van der Waals surface area contributed by atoms with E-state index in [1.807, 2.05) is 0 Å². The number of hydrogen-bond acceptors (Lipinski definition) is 6. The van der Waals surface area contributed by atoms with Gasteiger partial charge in [0.15, 0.2) is 5.82 Å². The zero-order chi connectivity index (χ0) is 21.1. The molecule has 9 heteroatoms. The van der Waals surface area contributed by atoms with Gasteiger partial charge in [0.1, 0.15) is 5.82 Å². The minimum absolute atomic E-state index is 0.141. The number of rotatable bonds is 6. The molecule has 0 spiro atoms. The molecule has 0 bridgehead atoms. The average molecular weight is 431 g/mol. The summed E-state index contributed by atoms with van der Waals surface area (Å²) in [4.78, 5) is 8.54. The number of nitrogens with zero attached hydrogens (tertiary/aromatic N) is 4. The first kappa shape index (κ1) is 20.6. The predicted molar refractivity (Wildman–Crippen MR) is 108 cm³/mol. The first-order chi connectivity index (χ1) is 14.4.